The highest BCUT2D eigenvalue weighted by Gasteiger charge is 2.72. The van der Waals surface area contributed by atoms with E-state index in [0.29, 0.717) is 6.42 Å². The molecule has 3 aliphatic rings. The Labute approximate surface area is 108 Å². The Kier molecular flexibility index (Phi) is 2.35. The third-order valence-corrected chi connectivity index (χ3v) is 5.50. The maximum absolute atomic E-state index is 13.4. The number of hydrogen-bond donors (Lipinski definition) is 0. The summed E-state index contributed by atoms with van der Waals surface area (Å²) < 4.78 is 38.8. The summed E-state index contributed by atoms with van der Waals surface area (Å²) in [5.74, 6) is -2.40. The molecule has 3 rings (SSSR count). The first-order valence-electron chi connectivity index (χ1n) is 6.82. The van der Waals surface area contributed by atoms with E-state index in [1.807, 2.05) is 27.7 Å². The highest BCUT2D eigenvalue weighted by atomic mass is 19.3. The van der Waals surface area contributed by atoms with Crippen LogP contribution in [0.25, 0.3) is 0 Å². The van der Waals surface area contributed by atoms with Crippen LogP contribution in [0.4, 0.5) is 8.78 Å². The number of rotatable bonds is 1. The van der Waals surface area contributed by atoms with Crippen molar-refractivity contribution in [2.75, 3.05) is 0 Å². The van der Waals surface area contributed by atoms with E-state index in [1.165, 1.54) is 0 Å². The van der Waals surface area contributed by atoms with Crippen LogP contribution in [-0.2, 0) is 9.31 Å². The summed E-state index contributed by atoms with van der Waals surface area (Å²) in [6, 6.07) is 0. The second-order valence-corrected chi connectivity index (χ2v) is 7.28. The molecule has 0 aromatic carbocycles. The molecule has 2 atom stereocenters. The van der Waals surface area contributed by atoms with Crippen molar-refractivity contribution < 1.29 is 18.1 Å². The molecule has 0 aromatic heterocycles. The quantitative estimate of drug-likeness (QED) is 0.668. The lowest BCUT2D eigenvalue weighted by Crippen LogP contribution is -2.41. The van der Waals surface area contributed by atoms with Gasteiger partial charge in [0.25, 0.3) is 0 Å². The molecule has 0 radical (unpaired) electrons. The van der Waals surface area contributed by atoms with Crippen LogP contribution >= 0.6 is 0 Å². The lowest BCUT2D eigenvalue weighted by Gasteiger charge is -2.32. The Morgan fingerprint density at radius 2 is 1.50 bits per heavy atom. The van der Waals surface area contributed by atoms with Gasteiger partial charge in [0.15, 0.2) is 0 Å². The van der Waals surface area contributed by atoms with Gasteiger partial charge in [-0.05, 0) is 46.5 Å². The summed E-state index contributed by atoms with van der Waals surface area (Å²) in [5, 5.41) is -0.132. The Hall–Kier alpha value is -0.155. The van der Waals surface area contributed by atoms with Crippen LogP contribution in [-0.4, -0.2) is 24.2 Å². The zero-order chi connectivity index (χ0) is 13.4. The number of alkyl halides is 2. The monoisotopic (exact) mass is 258 g/mol. The van der Waals surface area contributed by atoms with Gasteiger partial charge in [-0.15, -0.1) is 0 Å². The zero-order valence-corrected chi connectivity index (χ0v) is 11.6. The average molecular weight is 258 g/mol. The normalized spacial score (nSPS) is 43.7. The predicted molar refractivity (Wildman–Crippen MR) is 65.7 cm³/mol. The molecule has 0 spiro atoms. The van der Waals surface area contributed by atoms with E-state index < -0.39 is 5.92 Å². The van der Waals surface area contributed by atoms with Crippen LogP contribution in [0.2, 0.25) is 5.31 Å². The molecule has 1 heterocycles. The van der Waals surface area contributed by atoms with Gasteiger partial charge in [0, 0.05) is 18.2 Å². The van der Waals surface area contributed by atoms with Crippen molar-refractivity contribution in [3.05, 3.63) is 0 Å². The van der Waals surface area contributed by atoms with Crippen molar-refractivity contribution in [3.8, 4) is 0 Å². The molecular weight excluding hydrogens is 237 g/mol. The van der Waals surface area contributed by atoms with Crippen LogP contribution < -0.4 is 0 Å². The van der Waals surface area contributed by atoms with E-state index in [4.69, 9.17) is 9.31 Å². The van der Waals surface area contributed by atoms with Gasteiger partial charge in [0.1, 0.15) is 0 Å². The van der Waals surface area contributed by atoms with E-state index in [0.717, 1.165) is 6.42 Å². The summed E-state index contributed by atoms with van der Waals surface area (Å²) >= 11 is 0. The van der Waals surface area contributed by atoms with Crippen LogP contribution in [0.3, 0.4) is 0 Å². The predicted octanol–water partition coefficient (Wildman–Crippen LogP) is 3.66. The first-order chi connectivity index (χ1) is 8.08. The molecule has 102 valence electrons. The van der Waals surface area contributed by atoms with Gasteiger partial charge < -0.3 is 9.31 Å². The van der Waals surface area contributed by atoms with Crippen molar-refractivity contribution >= 4 is 7.12 Å². The molecule has 3 fully saturated rings. The molecule has 2 saturated carbocycles. The lowest BCUT2D eigenvalue weighted by molar-refractivity contribution is -0.0381. The van der Waals surface area contributed by atoms with Gasteiger partial charge in [0.05, 0.1) is 11.2 Å². The van der Waals surface area contributed by atoms with Crippen molar-refractivity contribution in [2.24, 2.45) is 5.92 Å². The van der Waals surface area contributed by atoms with E-state index in [1.54, 1.807) is 0 Å². The summed E-state index contributed by atoms with van der Waals surface area (Å²) in [7, 11) is -0.302. The Bertz CT molecular complexity index is 367. The Morgan fingerprint density at radius 3 is 2.00 bits per heavy atom. The SMILES string of the molecule is CC1(C)OB(C23CCC(F)(F)CC2C3)OC1(C)C. The van der Waals surface area contributed by atoms with Gasteiger partial charge in [0.2, 0.25) is 5.92 Å². The van der Waals surface area contributed by atoms with E-state index in [-0.39, 0.29) is 42.4 Å². The van der Waals surface area contributed by atoms with E-state index in [9.17, 15) is 8.78 Å². The van der Waals surface area contributed by atoms with Gasteiger partial charge in [-0.3, -0.25) is 0 Å². The third kappa shape index (κ3) is 1.66. The minimum atomic E-state index is -2.48. The molecule has 1 aliphatic heterocycles. The number of hydrogen-bond acceptors (Lipinski definition) is 2. The first kappa shape index (κ1) is 12.9. The van der Waals surface area contributed by atoms with Crippen LogP contribution in [0.15, 0.2) is 0 Å². The summed E-state index contributed by atoms with van der Waals surface area (Å²) in [4.78, 5) is 0. The molecule has 2 aliphatic carbocycles. The topological polar surface area (TPSA) is 18.5 Å². The maximum Gasteiger partial charge on any atom is 0.464 e. The first-order valence-corrected chi connectivity index (χ1v) is 6.82. The fourth-order valence-electron chi connectivity index (χ4n) is 3.34. The minimum absolute atomic E-state index is 0.0110. The fraction of sp³-hybridized carbons (Fsp3) is 1.00. The lowest BCUT2D eigenvalue weighted by atomic mass is 9.61. The van der Waals surface area contributed by atoms with Crippen LogP contribution in [0, 0.1) is 5.92 Å². The molecule has 2 unspecified atom stereocenters. The van der Waals surface area contributed by atoms with Gasteiger partial charge in [-0.1, -0.05) is 0 Å². The molecule has 0 bridgehead atoms. The highest BCUT2D eigenvalue weighted by Crippen LogP contribution is 2.73. The highest BCUT2D eigenvalue weighted by molar-refractivity contribution is 6.51. The molecule has 5 heteroatoms. The standard InChI is InChI=1S/C13H21BF2O2/c1-10(2)11(3,4)18-14(17-10)12-5-6-13(15,16)8-9(12)7-12/h9H,5-8H2,1-4H3. The second kappa shape index (κ2) is 3.29. The zero-order valence-electron chi connectivity index (χ0n) is 11.6. The Morgan fingerprint density at radius 1 is 0.944 bits per heavy atom. The van der Waals surface area contributed by atoms with Crippen molar-refractivity contribution in [1.82, 2.24) is 0 Å². The Balaban J connectivity index is 1.76. The summed E-state index contributed by atoms with van der Waals surface area (Å²) in [6.07, 6.45) is 1.35. The van der Waals surface area contributed by atoms with Crippen LogP contribution in [0.1, 0.15) is 53.4 Å². The maximum atomic E-state index is 13.4. The van der Waals surface area contributed by atoms with Crippen molar-refractivity contribution in [2.45, 2.75) is 75.8 Å². The molecule has 0 aromatic rings. The second-order valence-electron chi connectivity index (χ2n) is 7.28. The van der Waals surface area contributed by atoms with Gasteiger partial charge in [-0.25, -0.2) is 8.78 Å². The van der Waals surface area contributed by atoms with Gasteiger partial charge >= 0.3 is 7.12 Å². The largest absolute Gasteiger partial charge is 0.464 e. The van der Waals surface area contributed by atoms with Gasteiger partial charge in [-0.2, -0.15) is 0 Å². The minimum Gasteiger partial charge on any atom is -0.403 e. The summed E-state index contributed by atoms with van der Waals surface area (Å²) in [5.41, 5.74) is -0.723. The number of halogens is 2. The molecule has 1 saturated heterocycles. The number of fused-ring (bicyclic) bond motifs is 1. The van der Waals surface area contributed by atoms with Crippen LogP contribution in [0.5, 0.6) is 0 Å². The molecule has 2 nitrogen and oxygen atoms in total. The van der Waals surface area contributed by atoms with Crippen molar-refractivity contribution in [3.63, 3.8) is 0 Å². The molecule has 0 amide bonds. The molecule has 18 heavy (non-hydrogen) atoms. The van der Waals surface area contributed by atoms with E-state index >= 15 is 0 Å². The van der Waals surface area contributed by atoms with E-state index in [2.05, 4.69) is 0 Å². The average Bonchev–Trinajstić information content (AvgIpc) is 2.83. The smallest absolute Gasteiger partial charge is 0.403 e. The third-order valence-electron chi connectivity index (χ3n) is 5.50. The summed E-state index contributed by atoms with van der Waals surface area (Å²) in [6.45, 7) is 8.05. The van der Waals surface area contributed by atoms with Crippen molar-refractivity contribution in [1.29, 1.82) is 0 Å². The fourth-order valence-corrected chi connectivity index (χ4v) is 3.34. The molecular formula is C13H21BF2O2. The molecule has 0 N–H and O–H groups in total.